The van der Waals surface area contributed by atoms with Crippen LogP contribution in [-0.4, -0.2) is 36.5 Å². The molecule has 0 unspecified atom stereocenters. The first-order valence-corrected chi connectivity index (χ1v) is 9.32. The Balaban J connectivity index is 1.79. The number of carbonyl (C=O) groups excluding carboxylic acids is 2. The average Bonchev–Trinajstić information content (AvgIpc) is 2.70. The van der Waals surface area contributed by atoms with Crippen LogP contribution in [0, 0.1) is 0 Å². The molecule has 0 atom stereocenters. The fraction of sp³-hybridized carbons (Fsp3) is 0.364. The Morgan fingerprint density at radius 1 is 0.963 bits per heavy atom. The van der Waals surface area contributed by atoms with Crippen LogP contribution in [0.15, 0.2) is 54.6 Å². The minimum absolute atomic E-state index is 0.190. The number of hydrogen-bond acceptors (Lipinski definition) is 4. The lowest BCUT2D eigenvalue weighted by atomic mass is 10.1. The first kappa shape index (κ1) is 20.5. The second-order valence-corrected chi connectivity index (χ2v) is 6.09. The number of nitrogens with zero attached hydrogens (tertiary/aromatic N) is 1. The summed E-state index contributed by atoms with van der Waals surface area (Å²) in [6, 6.07) is 17.4. The van der Waals surface area contributed by atoms with E-state index in [1.54, 1.807) is 4.90 Å². The van der Waals surface area contributed by atoms with E-state index in [0.717, 1.165) is 16.9 Å². The molecule has 2 aromatic carbocycles. The van der Waals surface area contributed by atoms with Gasteiger partial charge < -0.3 is 14.4 Å². The summed E-state index contributed by atoms with van der Waals surface area (Å²) in [4.78, 5) is 26.0. The molecule has 0 aromatic heterocycles. The molecule has 5 nitrogen and oxygen atoms in total. The molecule has 0 spiro atoms. The van der Waals surface area contributed by atoms with E-state index in [1.807, 2.05) is 68.4 Å². The Morgan fingerprint density at radius 3 is 2.37 bits per heavy atom. The molecule has 1 amide bonds. The molecular formula is C22H27NO4. The molecule has 0 heterocycles. The molecule has 0 radical (unpaired) electrons. The summed E-state index contributed by atoms with van der Waals surface area (Å²) >= 11 is 0. The van der Waals surface area contributed by atoms with Gasteiger partial charge in [-0.2, -0.15) is 0 Å². The first-order valence-electron chi connectivity index (χ1n) is 9.32. The monoisotopic (exact) mass is 369 g/mol. The maximum Gasteiger partial charge on any atom is 0.306 e. The second kappa shape index (κ2) is 11.0. The van der Waals surface area contributed by atoms with E-state index in [2.05, 4.69) is 0 Å². The van der Waals surface area contributed by atoms with Crippen LogP contribution in [0.1, 0.15) is 31.4 Å². The number of ether oxygens (including phenoxy) is 2. The summed E-state index contributed by atoms with van der Waals surface area (Å²) in [6.07, 6.45) is 0.729. The number of rotatable bonds is 10. The number of benzene rings is 2. The van der Waals surface area contributed by atoms with E-state index in [9.17, 15) is 9.59 Å². The minimum atomic E-state index is -0.384. The van der Waals surface area contributed by atoms with E-state index in [-0.39, 0.29) is 24.9 Å². The lowest BCUT2D eigenvalue weighted by Crippen LogP contribution is -2.34. The van der Waals surface area contributed by atoms with E-state index in [0.29, 0.717) is 26.1 Å². The Morgan fingerprint density at radius 2 is 1.67 bits per heavy atom. The predicted molar refractivity (Wildman–Crippen MR) is 104 cm³/mol. The number of esters is 1. The molecule has 0 saturated carbocycles. The Labute approximate surface area is 160 Å². The van der Waals surface area contributed by atoms with Crippen LogP contribution in [0.4, 0.5) is 0 Å². The number of likely N-dealkylation sites (N-methyl/N-ethyl adjacent to an activating group) is 1. The summed E-state index contributed by atoms with van der Waals surface area (Å²) < 4.78 is 10.7. The number of aryl methyl sites for hydroxylation is 1. The smallest absolute Gasteiger partial charge is 0.306 e. The second-order valence-electron chi connectivity index (χ2n) is 6.09. The Hall–Kier alpha value is -2.82. The van der Waals surface area contributed by atoms with E-state index in [1.165, 1.54) is 0 Å². The largest absolute Gasteiger partial charge is 0.494 e. The quantitative estimate of drug-likeness (QED) is 0.601. The number of para-hydroxylation sites is 1. The predicted octanol–water partition coefficient (Wildman–Crippen LogP) is 3.61. The Bertz CT molecular complexity index is 730. The molecule has 0 bridgehead atoms. The molecule has 2 aromatic rings. The van der Waals surface area contributed by atoms with Crippen LogP contribution in [0.5, 0.6) is 5.75 Å². The van der Waals surface area contributed by atoms with E-state index in [4.69, 9.17) is 9.47 Å². The lowest BCUT2D eigenvalue weighted by Gasteiger charge is -2.20. The van der Waals surface area contributed by atoms with Crippen molar-refractivity contribution in [2.45, 2.75) is 33.2 Å². The van der Waals surface area contributed by atoms with E-state index >= 15 is 0 Å². The molecule has 5 heteroatoms. The normalized spacial score (nSPS) is 10.3. The van der Waals surface area contributed by atoms with Gasteiger partial charge in [-0.3, -0.25) is 9.59 Å². The maximum absolute atomic E-state index is 12.3. The van der Waals surface area contributed by atoms with Gasteiger partial charge in [0.15, 0.2) is 6.61 Å². The summed E-state index contributed by atoms with van der Waals surface area (Å²) in [6.45, 7) is 5.25. The maximum atomic E-state index is 12.3. The first-order chi connectivity index (χ1) is 13.1. The van der Waals surface area contributed by atoms with Gasteiger partial charge in [0.25, 0.3) is 5.91 Å². The number of amides is 1. The third kappa shape index (κ3) is 6.77. The van der Waals surface area contributed by atoms with Crippen molar-refractivity contribution in [1.29, 1.82) is 0 Å². The minimum Gasteiger partial charge on any atom is -0.494 e. The van der Waals surface area contributed by atoms with Gasteiger partial charge in [0.05, 0.1) is 6.61 Å². The average molecular weight is 369 g/mol. The molecule has 2 rings (SSSR count). The van der Waals surface area contributed by atoms with Crippen molar-refractivity contribution in [2.24, 2.45) is 0 Å². The van der Waals surface area contributed by atoms with Gasteiger partial charge in [0.2, 0.25) is 0 Å². The summed E-state index contributed by atoms with van der Waals surface area (Å²) in [5.41, 5.74) is 2.01. The van der Waals surface area contributed by atoms with Crippen molar-refractivity contribution in [3.05, 3.63) is 65.7 Å². The van der Waals surface area contributed by atoms with Gasteiger partial charge in [-0.05, 0) is 37.5 Å². The van der Waals surface area contributed by atoms with Gasteiger partial charge >= 0.3 is 5.97 Å². The third-order valence-electron chi connectivity index (χ3n) is 4.18. The summed E-state index contributed by atoms with van der Waals surface area (Å²) in [5.74, 6) is 0.207. The van der Waals surface area contributed by atoms with Gasteiger partial charge in [0.1, 0.15) is 5.75 Å². The van der Waals surface area contributed by atoms with Crippen molar-refractivity contribution in [3.8, 4) is 5.75 Å². The molecule has 0 saturated heterocycles. The van der Waals surface area contributed by atoms with Crippen molar-refractivity contribution >= 4 is 11.9 Å². The van der Waals surface area contributed by atoms with Crippen LogP contribution in [0.25, 0.3) is 0 Å². The number of carbonyl (C=O) groups is 2. The molecule has 0 aliphatic rings. The Kier molecular flexibility index (Phi) is 8.36. The topological polar surface area (TPSA) is 55.8 Å². The van der Waals surface area contributed by atoms with Crippen LogP contribution < -0.4 is 4.74 Å². The highest BCUT2D eigenvalue weighted by atomic mass is 16.5. The zero-order chi connectivity index (χ0) is 19.5. The molecule has 27 heavy (non-hydrogen) atoms. The van der Waals surface area contributed by atoms with Crippen LogP contribution in [0.3, 0.4) is 0 Å². The highest BCUT2D eigenvalue weighted by Gasteiger charge is 2.15. The molecule has 0 N–H and O–H groups in total. The van der Waals surface area contributed by atoms with Gasteiger partial charge in [-0.25, -0.2) is 0 Å². The fourth-order valence-corrected chi connectivity index (χ4v) is 2.73. The molecule has 0 aliphatic heterocycles. The highest BCUT2D eigenvalue weighted by Crippen LogP contribution is 2.19. The SMILES string of the molecule is CCOc1ccccc1CCC(=O)OCC(=O)N(CC)Cc1ccccc1. The zero-order valence-corrected chi connectivity index (χ0v) is 16.0. The van der Waals surface area contributed by atoms with Gasteiger partial charge in [-0.15, -0.1) is 0 Å². The molecule has 0 aliphatic carbocycles. The lowest BCUT2D eigenvalue weighted by molar-refractivity contribution is -0.152. The van der Waals surface area contributed by atoms with Crippen LogP contribution >= 0.6 is 0 Å². The van der Waals surface area contributed by atoms with Crippen molar-refractivity contribution < 1.29 is 19.1 Å². The van der Waals surface area contributed by atoms with Crippen molar-refractivity contribution in [3.63, 3.8) is 0 Å². The summed E-state index contributed by atoms with van der Waals surface area (Å²) in [5, 5.41) is 0. The standard InChI is InChI=1S/C22H27NO4/c1-3-23(16-18-10-6-5-7-11-18)21(24)17-27-22(25)15-14-19-12-8-9-13-20(19)26-4-2/h5-13H,3-4,14-17H2,1-2H3. The van der Waals surface area contributed by atoms with Crippen molar-refractivity contribution in [2.75, 3.05) is 19.8 Å². The molecule has 0 fully saturated rings. The third-order valence-corrected chi connectivity index (χ3v) is 4.18. The fourth-order valence-electron chi connectivity index (χ4n) is 2.73. The highest BCUT2D eigenvalue weighted by molar-refractivity contribution is 5.80. The van der Waals surface area contributed by atoms with Gasteiger partial charge in [-0.1, -0.05) is 48.5 Å². The van der Waals surface area contributed by atoms with Crippen molar-refractivity contribution in [1.82, 2.24) is 4.90 Å². The van der Waals surface area contributed by atoms with Crippen LogP contribution in [-0.2, 0) is 27.3 Å². The van der Waals surface area contributed by atoms with Gasteiger partial charge in [0, 0.05) is 19.5 Å². The zero-order valence-electron chi connectivity index (χ0n) is 16.0. The van der Waals surface area contributed by atoms with Crippen LogP contribution in [0.2, 0.25) is 0 Å². The number of hydrogen-bond donors (Lipinski definition) is 0. The van der Waals surface area contributed by atoms with E-state index < -0.39 is 0 Å². The summed E-state index contributed by atoms with van der Waals surface area (Å²) in [7, 11) is 0. The molecular weight excluding hydrogens is 342 g/mol. The molecule has 144 valence electrons.